The summed E-state index contributed by atoms with van der Waals surface area (Å²) < 4.78 is 10.8. The summed E-state index contributed by atoms with van der Waals surface area (Å²) in [4.78, 5) is 23.3. The zero-order chi connectivity index (χ0) is 17.8. The summed E-state index contributed by atoms with van der Waals surface area (Å²) in [6.07, 6.45) is 1.73. The molecule has 0 aromatic carbocycles. The quantitative estimate of drug-likeness (QED) is 0.848. The summed E-state index contributed by atoms with van der Waals surface area (Å²) in [5.74, 6) is 1.44. The predicted molar refractivity (Wildman–Crippen MR) is 93.6 cm³/mol. The zero-order valence-corrected chi connectivity index (χ0v) is 15.0. The number of nitrogens with zero attached hydrogens (tertiary/aromatic N) is 4. The molecule has 1 N–H and O–H groups in total. The molecule has 2 aromatic rings. The highest BCUT2D eigenvalue weighted by Crippen LogP contribution is 2.27. The van der Waals surface area contributed by atoms with Gasteiger partial charge in [-0.2, -0.15) is 4.98 Å². The molecule has 0 aliphatic carbocycles. The van der Waals surface area contributed by atoms with Gasteiger partial charge in [-0.3, -0.25) is 4.79 Å². The molecule has 3 rings (SSSR count). The number of hydrogen-bond acceptors (Lipinski definition) is 7. The van der Waals surface area contributed by atoms with Crippen LogP contribution in [0.15, 0.2) is 4.52 Å². The van der Waals surface area contributed by atoms with Crippen molar-refractivity contribution < 1.29 is 14.1 Å². The number of anilines is 1. The smallest absolute Gasteiger partial charge is 0.263 e. The molecule has 0 radical (unpaired) electrons. The third-order valence-electron chi connectivity index (χ3n) is 4.44. The van der Waals surface area contributed by atoms with E-state index in [1.807, 2.05) is 20.8 Å². The van der Waals surface area contributed by atoms with Crippen molar-refractivity contribution in [2.75, 3.05) is 31.2 Å². The molecule has 1 unspecified atom stereocenters. The summed E-state index contributed by atoms with van der Waals surface area (Å²) in [5, 5.41) is 7.83. The number of ether oxygens (including phenoxy) is 1. The van der Waals surface area contributed by atoms with Crippen LogP contribution in [0.1, 0.15) is 38.2 Å². The Morgan fingerprint density at radius 3 is 2.80 bits per heavy atom. The number of aromatic nitrogens is 3. The van der Waals surface area contributed by atoms with Crippen LogP contribution in [0.3, 0.4) is 0 Å². The van der Waals surface area contributed by atoms with Crippen LogP contribution < -0.4 is 10.2 Å². The highest BCUT2D eigenvalue weighted by atomic mass is 16.5. The molecule has 0 bridgehead atoms. The first-order chi connectivity index (χ1) is 12.1. The van der Waals surface area contributed by atoms with E-state index < -0.39 is 0 Å². The van der Waals surface area contributed by atoms with Crippen LogP contribution in [0.5, 0.6) is 0 Å². The minimum atomic E-state index is 0.0136. The molecule has 1 saturated heterocycles. The lowest BCUT2D eigenvalue weighted by Crippen LogP contribution is -2.37. The Bertz CT molecular complexity index is 739. The molecule has 0 saturated carbocycles. The number of nitrogens with one attached hydrogen (secondary N) is 1. The van der Waals surface area contributed by atoms with E-state index in [0.29, 0.717) is 37.6 Å². The maximum Gasteiger partial charge on any atom is 0.263 e. The van der Waals surface area contributed by atoms with E-state index in [-0.39, 0.29) is 11.9 Å². The minimum Gasteiger partial charge on any atom is -0.378 e. The molecule has 1 amide bonds. The first-order valence-corrected chi connectivity index (χ1v) is 8.83. The Morgan fingerprint density at radius 1 is 1.32 bits per heavy atom. The predicted octanol–water partition coefficient (Wildman–Crippen LogP) is 1.61. The van der Waals surface area contributed by atoms with Crippen LogP contribution in [0.25, 0.3) is 11.1 Å². The normalized spacial score (nSPS) is 16.2. The van der Waals surface area contributed by atoms with Gasteiger partial charge < -0.3 is 19.5 Å². The second-order valence-corrected chi connectivity index (χ2v) is 6.39. The second-order valence-electron chi connectivity index (χ2n) is 6.39. The molecule has 0 spiro atoms. The molecule has 8 heteroatoms. The standard InChI is InChI=1S/C17H25N5O3/c1-4-11(2)18-14(23)6-5-13-19-16(22-7-9-24-10-8-22)15-12(3)21-25-17(15)20-13/h11H,4-10H2,1-3H3,(H,18,23). The van der Waals surface area contributed by atoms with Crippen molar-refractivity contribution in [2.24, 2.45) is 0 Å². The molecule has 1 aliphatic rings. The van der Waals surface area contributed by atoms with Crippen LogP contribution >= 0.6 is 0 Å². The largest absolute Gasteiger partial charge is 0.378 e. The summed E-state index contributed by atoms with van der Waals surface area (Å²) in [7, 11) is 0. The van der Waals surface area contributed by atoms with Crippen molar-refractivity contribution in [3.8, 4) is 0 Å². The van der Waals surface area contributed by atoms with Gasteiger partial charge in [0.1, 0.15) is 17.0 Å². The highest BCUT2D eigenvalue weighted by Gasteiger charge is 2.21. The van der Waals surface area contributed by atoms with Crippen LogP contribution in [-0.2, 0) is 16.0 Å². The average molecular weight is 347 g/mol. The van der Waals surface area contributed by atoms with E-state index in [1.165, 1.54) is 0 Å². The number of carbonyl (C=O) groups excluding carboxylic acids is 1. The van der Waals surface area contributed by atoms with Gasteiger partial charge in [0.15, 0.2) is 0 Å². The lowest BCUT2D eigenvalue weighted by atomic mass is 10.2. The fourth-order valence-corrected chi connectivity index (χ4v) is 2.80. The van der Waals surface area contributed by atoms with Crippen molar-refractivity contribution >= 4 is 22.8 Å². The Kier molecular flexibility index (Phi) is 5.47. The third-order valence-corrected chi connectivity index (χ3v) is 4.44. The van der Waals surface area contributed by atoms with Gasteiger partial charge in [0, 0.05) is 32.0 Å². The first kappa shape index (κ1) is 17.6. The number of amides is 1. The molecule has 3 heterocycles. The molecule has 1 atom stereocenters. The van der Waals surface area contributed by atoms with Crippen molar-refractivity contribution in [1.82, 2.24) is 20.4 Å². The van der Waals surface area contributed by atoms with Crippen molar-refractivity contribution in [2.45, 2.75) is 46.1 Å². The van der Waals surface area contributed by atoms with Gasteiger partial charge in [-0.1, -0.05) is 12.1 Å². The van der Waals surface area contributed by atoms with E-state index in [0.717, 1.165) is 36.4 Å². The van der Waals surface area contributed by atoms with E-state index in [2.05, 4.69) is 20.4 Å². The molecule has 2 aromatic heterocycles. The molecule has 8 nitrogen and oxygen atoms in total. The maximum absolute atomic E-state index is 12.0. The number of fused-ring (bicyclic) bond motifs is 1. The number of rotatable bonds is 6. The fourth-order valence-electron chi connectivity index (χ4n) is 2.80. The van der Waals surface area contributed by atoms with E-state index >= 15 is 0 Å². The fraction of sp³-hybridized carbons (Fsp3) is 0.647. The summed E-state index contributed by atoms with van der Waals surface area (Å²) in [6, 6.07) is 0.178. The Labute approximate surface area is 146 Å². The van der Waals surface area contributed by atoms with Gasteiger partial charge in [-0.05, 0) is 20.3 Å². The Balaban J connectivity index is 1.80. The summed E-state index contributed by atoms with van der Waals surface area (Å²) in [5.41, 5.74) is 1.25. The van der Waals surface area contributed by atoms with Gasteiger partial charge in [-0.15, -0.1) is 0 Å². The van der Waals surface area contributed by atoms with Gasteiger partial charge in [0.2, 0.25) is 5.91 Å². The SMILES string of the molecule is CCC(C)NC(=O)CCc1nc(N2CCOCC2)c2c(C)noc2n1. The van der Waals surface area contributed by atoms with Gasteiger partial charge in [0.05, 0.1) is 18.9 Å². The Morgan fingerprint density at radius 2 is 2.08 bits per heavy atom. The molecular formula is C17H25N5O3. The molecule has 1 fully saturated rings. The van der Waals surface area contributed by atoms with Crippen molar-refractivity contribution in [3.63, 3.8) is 0 Å². The van der Waals surface area contributed by atoms with Gasteiger partial charge in [0.25, 0.3) is 5.71 Å². The lowest BCUT2D eigenvalue weighted by molar-refractivity contribution is -0.121. The molecule has 25 heavy (non-hydrogen) atoms. The van der Waals surface area contributed by atoms with Crippen LogP contribution in [0.4, 0.5) is 5.82 Å². The molecule has 136 valence electrons. The van der Waals surface area contributed by atoms with Crippen LogP contribution in [0, 0.1) is 6.92 Å². The zero-order valence-electron chi connectivity index (χ0n) is 15.0. The van der Waals surface area contributed by atoms with Gasteiger partial charge >= 0.3 is 0 Å². The monoisotopic (exact) mass is 347 g/mol. The number of morpholine rings is 1. The molecule has 1 aliphatic heterocycles. The number of hydrogen-bond donors (Lipinski definition) is 1. The van der Waals surface area contributed by atoms with Crippen molar-refractivity contribution in [1.29, 1.82) is 0 Å². The Hall–Kier alpha value is -2.22. The second kappa shape index (κ2) is 7.77. The number of carbonyl (C=O) groups is 1. The third kappa shape index (κ3) is 4.07. The molecular weight excluding hydrogens is 322 g/mol. The van der Waals surface area contributed by atoms with E-state index in [9.17, 15) is 4.79 Å². The minimum absolute atomic E-state index is 0.0136. The first-order valence-electron chi connectivity index (χ1n) is 8.83. The average Bonchev–Trinajstić information content (AvgIpc) is 3.01. The summed E-state index contributed by atoms with van der Waals surface area (Å²) >= 11 is 0. The van der Waals surface area contributed by atoms with E-state index in [4.69, 9.17) is 14.2 Å². The van der Waals surface area contributed by atoms with E-state index in [1.54, 1.807) is 0 Å². The number of aryl methyl sites for hydroxylation is 2. The lowest BCUT2D eigenvalue weighted by Gasteiger charge is -2.28. The van der Waals surface area contributed by atoms with Gasteiger partial charge in [-0.25, -0.2) is 4.98 Å². The van der Waals surface area contributed by atoms with Crippen LogP contribution in [0.2, 0.25) is 0 Å². The highest BCUT2D eigenvalue weighted by molar-refractivity contribution is 5.88. The van der Waals surface area contributed by atoms with Crippen LogP contribution in [-0.4, -0.2) is 53.4 Å². The topological polar surface area (TPSA) is 93.4 Å². The maximum atomic E-state index is 12.0. The summed E-state index contributed by atoms with van der Waals surface area (Å²) in [6.45, 7) is 8.80. The van der Waals surface area contributed by atoms with Crippen molar-refractivity contribution in [3.05, 3.63) is 11.5 Å².